The van der Waals surface area contributed by atoms with Crippen molar-refractivity contribution in [3.8, 4) is 0 Å². The zero-order valence-corrected chi connectivity index (χ0v) is 22.0. The molecule has 2 amide bonds. The number of fused-ring (bicyclic) bond motifs is 1. The lowest BCUT2D eigenvalue weighted by atomic mass is 10.1. The second-order valence-electron chi connectivity index (χ2n) is 10.4. The molecule has 0 radical (unpaired) electrons. The molecule has 3 aliphatic heterocycles. The van der Waals surface area contributed by atoms with Crippen LogP contribution >= 0.6 is 24.0 Å². The third-order valence-electron chi connectivity index (χ3n) is 5.34. The number of nitrogens with one attached hydrogen (secondary N) is 1. The smallest absolute Gasteiger partial charge is 0.410 e. The maximum atomic E-state index is 12.3. The fourth-order valence-corrected chi connectivity index (χ4v) is 3.95. The van der Waals surface area contributed by atoms with Crippen molar-refractivity contribution in [3.05, 3.63) is 0 Å². The van der Waals surface area contributed by atoms with E-state index >= 15 is 0 Å². The molecule has 0 aliphatic carbocycles. The van der Waals surface area contributed by atoms with Gasteiger partial charge in [-0.2, -0.15) is 0 Å². The predicted molar refractivity (Wildman–Crippen MR) is 130 cm³/mol. The maximum Gasteiger partial charge on any atom is 0.410 e. The number of ether oxygens (including phenoxy) is 2. The lowest BCUT2D eigenvalue weighted by molar-refractivity contribution is 0.0136. The van der Waals surface area contributed by atoms with Gasteiger partial charge in [-0.15, -0.1) is 24.0 Å². The summed E-state index contributed by atoms with van der Waals surface area (Å²) in [5, 5.41) is 3.48. The minimum absolute atomic E-state index is 0. The van der Waals surface area contributed by atoms with Gasteiger partial charge in [0.15, 0.2) is 5.96 Å². The third-order valence-corrected chi connectivity index (χ3v) is 5.34. The molecule has 9 nitrogen and oxygen atoms in total. The van der Waals surface area contributed by atoms with Crippen molar-refractivity contribution in [2.24, 2.45) is 10.9 Å². The first kappa shape index (κ1) is 25.8. The van der Waals surface area contributed by atoms with Crippen LogP contribution in [0.3, 0.4) is 0 Å². The Hall–Kier alpha value is -1.46. The molecule has 31 heavy (non-hydrogen) atoms. The minimum Gasteiger partial charge on any atom is -0.444 e. The number of hydrogen-bond acceptors (Lipinski definition) is 7. The molecule has 0 spiro atoms. The number of halogens is 1. The van der Waals surface area contributed by atoms with Crippen LogP contribution in [0.1, 0.15) is 48.0 Å². The minimum atomic E-state index is -0.485. The summed E-state index contributed by atoms with van der Waals surface area (Å²) >= 11 is 0. The first-order valence-corrected chi connectivity index (χ1v) is 10.9. The number of carbonyl (C=O) groups excluding carboxylic acids is 2. The second kappa shape index (κ2) is 9.99. The normalized spacial score (nSPS) is 23.7. The highest BCUT2D eigenvalue weighted by atomic mass is 127. The van der Waals surface area contributed by atoms with Crippen LogP contribution in [0.4, 0.5) is 9.59 Å². The highest BCUT2D eigenvalue weighted by Crippen LogP contribution is 2.21. The summed E-state index contributed by atoms with van der Waals surface area (Å²) in [6.45, 7) is 16.2. The molecular formula is C21H38IN5O4. The van der Waals surface area contributed by atoms with Crippen LogP contribution in [0.25, 0.3) is 0 Å². The zero-order valence-electron chi connectivity index (χ0n) is 19.6. The Morgan fingerprint density at radius 1 is 0.968 bits per heavy atom. The van der Waals surface area contributed by atoms with E-state index in [1.807, 2.05) is 41.5 Å². The number of rotatable bonds is 2. The van der Waals surface area contributed by atoms with Gasteiger partial charge in [-0.3, -0.25) is 4.99 Å². The van der Waals surface area contributed by atoms with Crippen LogP contribution in [0.5, 0.6) is 0 Å². The van der Waals surface area contributed by atoms with Crippen LogP contribution in [-0.4, -0.2) is 95.9 Å². The Balaban J connectivity index is 0.00000341. The van der Waals surface area contributed by atoms with Crippen LogP contribution < -0.4 is 5.32 Å². The molecule has 0 saturated carbocycles. The Morgan fingerprint density at radius 3 is 2.13 bits per heavy atom. The first-order valence-electron chi connectivity index (χ1n) is 10.9. The Labute approximate surface area is 202 Å². The van der Waals surface area contributed by atoms with Gasteiger partial charge in [0.1, 0.15) is 11.2 Å². The van der Waals surface area contributed by atoms with Crippen molar-refractivity contribution in [2.45, 2.75) is 65.2 Å². The van der Waals surface area contributed by atoms with Crippen LogP contribution in [-0.2, 0) is 9.47 Å². The number of likely N-dealkylation sites (tertiary alicyclic amines) is 1. The lowest BCUT2D eigenvalue weighted by Crippen LogP contribution is -2.57. The number of piperazine rings is 1. The molecule has 2 atom stereocenters. The number of aliphatic imine (C=N–C) groups is 1. The molecule has 10 heteroatoms. The van der Waals surface area contributed by atoms with Crippen molar-refractivity contribution in [1.29, 1.82) is 0 Å². The monoisotopic (exact) mass is 551 g/mol. The zero-order chi connectivity index (χ0) is 22.1. The molecule has 0 aromatic rings. The van der Waals surface area contributed by atoms with E-state index in [1.165, 1.54) is 0 Å². The van der Waals surface area contributed by atoms with Gasteiger partial charge >= 0.3 is 12.2 Å². The van der Waals surface area contributed by atoms with Crippen LogP contribution in [0.2, 0.25) is 0 Å². The quantitative estimate of drug-likeness (QED) is 0.532. The van der Waals surface area contributed by atoms with E-state index in [-0.39, 0.29) is 42.2 Å². The molecule has 2 saturated heterocycles. The summed E-state index contributed by atoms with van der Waals surface area (Å²) in [6, 6.07) is 0.190. The number of nitrogens with zero attached hydrogens (tertiary/aromatic N) is 4. The van der Waals surface area contributed by atoms with Crippen molar-refractivity contribution in [1.82, 2.24) is 20.0 Å². The number of carbonyl (C=O) groups is 2. The van der Waals surface area contributed by atoms with Gasteiger partial charge in [-0.05, 0) is 53.9 Å². The molecule has 0 bridgehead atoms. The van der Waals surface area contributed by atoms with E-state index in [2.05, 4.69) is 15.2 Å². The van der Waals surface area contributed by atoms with Gasteiger partial charge in [-0.25, -0.2) is 9.59 Å². The Bertz CT molecular complexity index is 688. The summed E-state index contributed by atoms with van der Waals surface area (Å²) < 4.78 is 11.0. The molecule has 3 rings (SSSR count). The molecule has 2 unspecified atom stereocenters. The second-order valence-corrected chi connectivity index (χ2v) is 10.4. The van der Waals surface area contributed by atoms with E-state index in [4.69, 9.17) is 9.47 Å². The fourth-order valence-electron chi connectivity index (χ4n) is 3.95. The molecular weight excluding hydrogens is 513 g/mol. The molecule has 3 aliphatic rings. The molecule has 178 valence electrons. The summed E-state index contributed by atoms with van der Waals surface area (Å²) in [4.78, 5) is 35.1. The van der Waals surface area contributed by atoms with Gasteiger partial charge in [0.05, 0.1) is 12.6 Å². The van der Waals surface area contributed by atoms with Gasteiger partial charge in [0, 0.05) is 39.3 Å². The van der Waals surface area contributed by atoms with E-state index in [1.54, 1.807) is 9.80 Å². The molecule has 0 aromatic carbocycles. The maximum absolute atomic E-state index is 12.3. The van der Waals surface area contributed by atoms with Crippen molar-refractivity contribution in [3.63, 3.8) is 0 Å². The summed E-state index contributed by atoms with van der Waals surface area (Å²) in [5.41, 5.74) is -0.954. The lowest BCUT2D eigenvalue weighted by Gasteiger charge is -2.39. The first-order chi connectivity index (χ1) is 13.9. The standard InChI is InChI=1S/C21H37N5O4.HI/c1-20(2,3)29-18(27)24-8-7-15(13-24)11-22-17-23-12-16-14-25(9-10-26(16)17)19(28)30-21(4,5)6;/h15-16H,7-14H2,1-6H3,(H,22,23);1H. The third kappa shape index (κ3) is 7.28. The topological polar surface area (TPSA) is 86.7 Å². The van der Waals surface area contributed by atoms with Gasteiger partial charge in [0.2, 0.25) is 0 Å². The highest BCUT2D eigenvalue weighted by molar-refractivity contribution is 14.0. The largest absolute Gasteiger partial charge is 0.444 e. The molecule has 0 aromatic heterocycles. The Morgan fingerprint density at radius 2 is 1.55 bits per heavy atom. The predicted octanol–water partition coefficient (Wildman–Crippen LogP) is 2.74. The number of hydrogen-bond donors (Lipinski definition) is 1. The van der Waals surface area contributed by atoms with E-state index < -0.39 is 11.2 Å². The van der Waals surface area contributed by atoms with Crippen LogP contribution in [0.15, 0.2) is 4.99 Å². The highest BCUT2D eigenvalue weighted by Gasteiger charge is 2.37. The van der Waals surface area contributed by atoms with E-state index in [0.717, 1.165) is 32.0 Å². The molecule has 3 heterocycles. The van der Waals surface area contributed by atoms with Crippen LogP contribution in [0, 0.1) is 5.92 Å². The number of amides is 2. The summed E-state index contributed by atoms with van der Waals surface area (Å²) in [7, 11) is 0. The number of guanidine groups is 1. The van der Waals surface area contributed by atoms with E-state index in [9.17, 15) is 9.59 Å². The van der Waals surface area contributed by atoms with Gasteiger partial charge in [0.25, 0.3) is 0 Å². The summed E-state index contributed by atoms with van der Waals surface area (Å²) in [6.07, 6.45) is 0.466. The van der Waals surface area contributed by atoms with E-state index in [0.29, 0.717) is 32.1 Å². The van der Waals surface area contributed by atoms with Gasteiger partial charge in [-0.1, -0.05) is 0 Å². The fraction of sp³-hybridized carbons (Fsp3) is 0.857. The average molecular weight is 551 g/mol. The van der Waals surface area contributed by atoms with Crippen molar-refractivity contribution >= 4 is 42.1 Å². The molecule has 2 fully saturated rings. The average Bonchev–Trinajstić information content (AvgIpc) is 3.23. The SMILES string of the molecule is CC(C)(C)OC(=O)N1CCC(CNC2=NCC3CN(C(=O)OC(C)(C)C)CCN23)C1.I. The molecule has 1 N–H and O–H groups in total. The van der Waals surface area contributed by atoms with Gasteiger partial charge < -0.3 is 29.5 Å². The summed E-state index contributed by atoms with van der Waals surface area (Å²) in [5.74, 6) is 1.28. The Kier molecular flexibility index (Phi) is 8.32. The van der Waals surface area contributed by atoms with Crippen molar-refractivity contribution in [2.75, 3.05) is 45.8 Å². The van der Waals surface area contributed by atoms with Crippen molar-refractivity contribution < 1.29 is 19.1 Å².